The molecular formula is C20H24N4O3. The van der Waals surface area contributed by atoms with Gasteiger partial charge < -0.3 is 15.8 Å². The van der Waals surface area contributed by atoms with Crippen LogP contribution in [0.3, 0.4) is 0 Å². The number of nitrogen functional groups attached to an aromatic ring is 1. The summed E-state index contributed by atoms with van der Waals surface area (Å²) in [5, 5.41) is 5.54. The van der Waals surface area contributed by atoms with Gasteiger partial charge in [0.15, 0.2) is 0 Å². The van der Waals surface area contributed by atoms with Crippen LogP contribution in [0.2, 0.25) is 0 Å². The molecule has 1 aliphatic rings. The minimum absolute atomic E-state index is 0.0700. The maximum Gasteiger partial charge on any atom is 0.411 e. The molecule has 0 saturated carbocycles. The molecule has 0 aliphatic carbocycles. The van der Waals surface area contributed by atoms with Crippen molar-refractivity contribution in [1.29, 1.82) is 0 Å². The molecule has 2 amide bonds. The van der Waals surface area contributed by atoms with Gasteiger partial charge in [0.2, 0.25) is 5.91 Å². The van der Waals surface area contributed by atoms with Gasteiger partial charge in [-0.15, -0.1) is 0 Å². The van der Waals surface area contributed by atoms with E-state index in [1.165, 1.54) is 7.11 Å². The predicted octanol–water partition coefficient (Wildman–Crippen LogP) is 3.95. The normalized spacial score (nSPS) is 14.6. The van der Waals surface area contributed by atoms with Crippen LogP contribution in [-0.2, 0) is 16.0 Å². The summed E-state index contributed by atoms with van der Waals surface area (Å²) in [7, 11) is 1.29. The van der Waals surface area contributed by atoms with Crippen LogP contribution in [0.1, 0.15) is 37.8 Å². The number of ether oxygens (including phenoxy) is 1. The van der Waals surface area contributed by atoms with E-state index < -0.39 is 6.09 Å². The number of fused-ring (bicyclic) bond motifs is 4. The predicted molar refractivity (Wildman–Crippen MR) is 106 cm³/mol. The average Bonchev–Trinajstić information content (AvgIpc) is 2.64. The molecule has 7 heteroatoms. The fourth-order valence-electron chi connectivity index (χ4n) is 3.25. The summed E-state index contributed by atoms with van der Waals surface area (Å²) in [6, 6.07) is 7.23. The van der Waals surface area contributed by atoms with Crippen LogP contribution in [0.4, 0.5) is 21.9 Å². The highest BCUT2D eigenvalue weighted by molar-refractivity contribution is 6.01. The van der Waals surface area contributed by atoms with Crippen molar-refractivity contribution < 1.29 is 14.3 Å². The summed E-state index contributed by atoms with van der Waals surface area (Å²) in [6.45, 7) is 0. The number of nitrogens with two attached hydrogens (primary N) is 1. The number of carbonyl (C=O) groups is 2. The number of carbonyl (C=O) groups excluding carboxylic acids is 2. The molecule has 142 valence electrons. The lowest BCUT2D eigenvalue weighted by Crippen LogP contribution is -2.15. The molecule has 2 heterocycles. The molecule has 1 aliphatic heterocycles. The number of nitrogens with zero attached hydrogens (tertiary/aromatic N) is 1. The van der Waals surface area contributed by atoms with E-state index in [9.17, 15) is 9.59 Å². The molecule has 0 spiro atoms. The molecular weight excluding hydrogens is 344 g/mol. The first-order valence-corrected chi connectivity index (χ1v) is 9.10. The lowest BCUT2D eigenvalue weighted by molar-refractivity contribution is -0.116. The number of nitrogens with one attached hydrogen (secondary N) is 2. The van der Waals surface area contributed by atoms with Crippen molar-refractivity contribution in [3.63, 3.8) is 0 Å². The molecule has 2 aromatic rings. The smallest absolute Gasteiger partial charge is 0.411 e. The van der Waals surface area contributed by atoms with Crippen molar-refractivity contribution in [1.82, 2.24) is 4.98 Å². The molecule has 3 rings (SSSR count). The van der Waals surface area contributed by atoms with Crippen LogP contribution < -0.4 is 16.4 Å². The number of benzene rings is 1. The van der Waals surface area contributed by atoms with Crippen LogP contribution in [0.5, 0.6) is 0 Å². The zero-order chi connectivity index (χ0) is 19.2. The van der Waals surface area contributed by atoms with Crippen LogP contribution in [0.25, 0.3) is 11.1 Å². The van der Waals surface area contributed by atoms with Gasteiger partial charge in [0, 0.05) is 35.2 Å². The quantitative estimate of drug-likeness (QED) is 0.661. The first kappa shape index (κ1) is 18.7. The summed E-state index contributed by atoms with van der Waals surface area (Å²) in [5.41, 5.74) is 10.4. The maximum absolute atomic E-state index is 12.4. The van der Waals surface area contributed by atoms with Crippen molar-refractivity contribution in [2.24, 2.45) is 0 Å². The molecule has 0 radical (unpaired) electrons. The third-order valence-corrected chi connectivity index (χ3v) is 4.57. The van der Waals surface area contributed by atoms with E-state index in [1.807, 2.05) is 12.1 Å². The second-order valence-corrected chi connectivity index (χ2v) is 6.60. The highest BCUT2D eigenvalue weighted by atomic mass is 16.5. The van der Waals surface area contributed by atoms with Crippen LogP contribution >= 0.6 is 0 Å². The Morgan fingerprint density at radius 3 is 2.74 bits per heavy atom. The zero-order valence-corrected chi connectivity index (χ0v) is 15.4. The number of hydrogen-bond donors (Lipinski definition) is 3. The second-order valence-electron chi connectivity index (χ2n) is 6.60. The SMILES string of the molecule is COC(=O)Nc1cc(N)c2c(c1)NC(=O)CCCCCCc1cc-2ccn1. The van der Waals surface area contributed by atoms with E-state index in [1.54, 1.807) is 18.3 Å². The lowest BCUT2D eigenvalue weighted by atomic mass is 10.00. The number of pyridine rings is 1. The summed E-state index contributed by atoms with van der Waals surface area (Å²) in [5.74, 6) is -0.0700. The highest BCUT2D eigenvalue weighted by Crippen LogP contribution is 2.37. The monoisotopic (exact) mass is 368 g/mol. The van der Waals surface area contributed by atoms with Gasteiger partial charge in [-0.05, 0) is 49.1 Å². The van der Waals surface area contributed by atoms with Crippen molar-refractivity contribution in [3.8, 4) is 11.1 Å². The van der Waals surface area contributed by atoms with E-state index >= 15 is 0 Å². The largest absolute Gasteiger partial charge is 0.453 e. The number of amides is 2. The van der Waals surface area contributed by atoms with E-state index in [4.69, 9.17) is 5.73 Å². The third-order valence-electron chi connectivity index (χ3n) is 4.57. The van der Waals surface area contributed by atoms with E-state index in [-0.39, 0.29) is 5.91 Å². The van der Waals surface area contributed by atoms with E-state index in [2.05, 4.69) is 20.4 Å². The average molecular weight is 368 g/mol. The number of hydrogen-bond acceptors (Lipinski definition) is 5. The summed E-state index contributed by atoms with van der Waals surface area (Å²) < 4.78 is 4.63. The van der Waals surface area contributed by atoms with Gasteiger partial charge in [0.25, 0.3) is 0 Å². The molecule has 27 heavy (non-hydrogen) atoms. The first-order valence-electron chi connectivity index (χ1n) is 9.10. The standard InChI is InChI=1S/C20H24N4O3/c1-27-20(26)23-15-11-16(21)19-13-8-9-22-14(10-13)6-4-2-3-5-7-18(25)24-17(19)12-15/h8-12H,2-7,21H2,1H3,(H,23,26)(H,24,25). The van der Waals surface area contributed by atoms with Crippen molar-refractivity contribution in [3.05, 3.63) is 36.2 Å². The van der Waals surface area contributed by atoms with Crippen molar-refractivity contribution in [2.75, 3.05) is 23.5 Å². The number of aromatic nitrogens is 1. The Morgan fingerprint density at radius 2 is 1.96 bits per heavy atom. The molecule has 2 bridgehead atoms. The van der Waals surface area contributed by atoms with Crippen LogP contribution in [-0.4, -0.2) is 24.1 Å². The molecule has 1 aromatic carbocycles. The minimum atomic E-state index is -0.600. The molecule has 1 aromatic heterocycles. The van der Waals surface area contributed by atoms with Gasteiger partial charge in [-0.2, -0.15) is 0 Å². The Labute approximate surface area is 158 Å². The number of aryl methyl sites for hydroxylation is 1. The van der Waals surface area contributed by atoms with E-state index in [0.717, 1.165) is 48.9 Å². The second kappa shape index (κ2) is 8.53. The minimum Gasteiger partial charge on any atom is -0.453 e. The number of anilines is 3. The Hall–Kier alpha value is -3.09. The number of rotatable bonds is 1. The maximum atomic E-state index is 12.4. The topological polar surface area (TPSA) is 106 Å². The molecule has 7 nitrogen and oxygen atoms in total. The van der Waals surface area contributed by atoms with E-state index in [0.29, 0.717) is 23.5 Å². The molecule has 4 N–H and O–H groups in total. The molecule has 0 fully saturated rings. The highest BCUT2D eigenvalue weighted by Gasteiger charge is 2.16. The lowest BCUT2D eigenvalue weighted by Gasteiger charge is -2.17. The van der Waals surface area contributed by atoms with Crippen LogP contribution in [0, 0.1) is 0 Å². The number of methoxy groups -OCH3 is 1. The first-order chi connectivity index (χ1) is 13.1. The zero-order valence-electron chi connectivity index (χ0n) is 15.4. The van der Waals surface area contributed by atoms with Gasteiger partial charge in [-0.3, -0.25) is 15.1 Å². The van der Waals surface area contributed by atoms with Crippen molar-refractivity contribution in [2.45, 2.75) is 38.5 Å². The van der Waals surface area contributed by atoms with Gasteiger partial charge in [0.05, 0.1) is 12.8 Å². The summed E-state index contributed by atoms with van der Waals surface area (Å²) >= 11 is 0. The van der Waals surface area contributed by atoms with Crippen LogP contribution in [0.15, 0.2) is 30.5 Å². The van der Waals surface area contributed by atoms with Gasteiger partial charge in [-0.25, -0.2) is 4.79 Å². The Bertz CT molecular complexity index is 851. The van der Waals surface area contributed by atoms with Crippen molar-refractivity contribution >= 4 is 29.1 Å². The van der Waals surface area contributed by atoms with Gasteiger partial charge in [-0.1, -0.05) is 12.8 Å². The fourth-order valence-corrected chi connectivity index (χ4v) is 3.25. The summed E-state index contributed by atoms with van der Waals surface area (Å²) in [4.78, 5) is 28.4. The Morgan fingerprint density at radius 1 is 1.19 bits per heavy atom. The fraction of sp³-hybridized carbons (Fsp3) is 0.350. The molecule has 0 saturated heterocycles. The Kier molecular flexibility index (Phi) is 5.90. The third kappa shape index (κ3) is 4.75. The summed E-state index contributed by atoms with van der Waals surface area (Å²) in [6.07, 6.45) is 6.46. The van der Waals surface area contributed by atoms with Gasteiger partial charge in [0.1, 0.15) is 0 Å². The molecule has 0 unspecified atom stereocenters. The Balaban J connectivity index is 2.07. The van der Waals surface area contributed by atoms with Gasteiger partial charge >= 0.3 is 6.09 Å². The molecule has 0 atom stereocenters.